The number of carbonyl (C=O) groups is 1. The van der Waals surface area contributed by atoms with Gasteiger partial charge in [0.05, 0.1) is 31.1 Å². The number of nitrogens with one attached hydrogen (secondary N) is 1. The fraction of sp³-hybridized carbons (Fsp3) is 0.250. The molecule has 39 heavy (non-hydrogen) atoms. The molecule has 11 heteroatoms. The van der Waals surface area contributed by atoms with Gasteiger partial charge in [-0.15, -0.1) is 0 Å². The molecule has 1 N–H and O–H groups in total. The predicted octanol–water partition coefficient (Wildman–Crippen LogP) is 3.32. The maximum absolute atomic E-state index is 14.0. The van der Waals surface area contributed by atoms with Gasteiger partial charge in [-0.2, -0.15) is 4.98 Å². The fourth-order valence-electron chi connectivity index (χ4n) is 4.99. The first kappa shape index (κ1) is 24.6. The summed E-state index contributed by atoms with van der Waals surface area (Å²) in [7, 11) is 0. The van der Waals surface area contributed by atoms with E-state index < -0.39 is 0 Å². The van der Waals surface area contributed by atoms with Gasteiger partial charge in [-0.3, -0.25) is 14.2 Å². The summed E-state index contributed by atoms with van der Waals surface area (Å²) < 4.78 is 13.1. The summed E-state index contributed by atoms with van der Waals surface area (Å²) in [5, 5.41) is 3.88. The Morgan fingerprint density at radius 2 is 1.97 bits per heavy atom. The van der Waals surface area contributed by atoms with E-state index in [1.807, 2.05) is 36.1 Å². The lowest BCUT2D eigenvalue weighted by Crippen LogP contribution is -2.44. The molecule has 1 aromatic carbocycles. The zero-order chi connectivity index (χ0) is 26.9. The lowest BCUT2D eigenvalue weighted by atomic mass is 10.1. The molecular weight excluding hydrogens is 498 g/mol. The molecule has 0 radical (unpaired) electrons. The molecule has 0 aliphatic carbocycles. The molecule has 5 heterocycles. The van der Waals surface area contributed by atoms with Crippen molar-refractivity contribution < 1.29 is 14.3 Å². The Kier molecular flexibility index (Phi) is 6.41. The molecule has 0 unspecified atom stereocenters. The molecule has 0 saturated carbocycles. The number of aromatic nitrogens is 4. The van der Waals surface area contributed by atoms with Crippen LogP contribution in [-0.4, -0.2) is 58.3 Å². The second-order valence-electron chi connectivity index (χ2n) is 9.22. The SMILES string of the molecule is C=CC(=O)N1CCN(c2cc3cnc4nc3n(c2=O)CCOCCOc2cc(ccn2)N4)c2cccc(C)c21. The van der Waals surface area contributed by atoms with Gasteiger partial charge in [-0.25, -0.2) is 9.97 Å². The van der Waals surface area contributed by atoms with Gasteiger partial charge in [0.1, 0.15) is 17.9 Å². The molecule has 0 spiro atoms. The van der Waals surface area contributed by atoms with Crippen LogP contribution in [0.2, 0.25) is 0 Å². The van der Waals surface area contributed by atoms with Crippen LogP contribution in [0.25, 0.3) is 11.0 Å². The molecule has 0 saturated heterocycles. The van der Waals surface area contributed by atoms with Gasteiger partial charge in [0.2, 0.25) is 11.8 Å². The molecule has 11 nitrogen and oxygen atoms in total. The summed E-state index contributed by atoms with van der Waals surface area (Å²) in [5.74, 6) is 0.634. The number of aryl methyl sites for hydroxylation is 1. The number of fused-ring (bicyclic) bond motifs is 4. The van der Waals surface area contributed by atoms with E-state index in [2.05, 4.69) is 21.9 Å². The third-order valence-corrected chi connectivity index (χ3v) is 6.79. The third-order valence-electron chi connectivity index (χ3n) is 6.79. The first-order valence-corrected chi connectivity index (χ1v) is 12.7. The van der Waals surface area contributed by atoms with Gasteiger partial charge in [0, 0.05) is 42.6 Å². The maximum atomic E-state index is 14.0. The summed E-state index contributed by atoms with van der Waals surface area (Å²) >= 11 is 0. The van der Waals surface area contributed by atoms with E-state index in [1.165, 1.54) is 6.08 Å². The zero-order valence-corrected chi connectivity index (χ0v) is 21.5. The number of anilines is 5. The van der Waals surface area contributed by atoms with Crippen molar-refractivity contribution in [1.82, 2.24) is 19.5 Å². The van der Waals surface area contributed by atoms with Gasteiger partial charge in [0.25, 0.3) is 11.5 Å². The molecule has 2 aliphatic rings. The summed E-state index contributed by atoms with van der Waals surface area (Å²) in [4.78, 5) is 43.8. The van der Waals surface area contributed by atoms with Crippen molar-refractivity contribution in [2.75, 3.05) is 48.0 Å². The Hall–Kier alpha value is -4.77. The lowest BCUT2D eigenvalue weighted by molar-refractivity contribution is -0.114. The Labute approximate surface area is 224 Å². The highest BCUT2D eigenvalue weighted by molar-refractivity contribution is 6.05. The van der Waals surface area contributed by atoms with Crippen LogP contribution >= 0.6 is 0 Å². The normalized spacial score (nSPS) is 15.2. The Morgan fingerprint density at radius 1 is 1.08 bits per heavy atom. The lowest BCUT2D eigenvalue weighted by Gasteiger charge is -2.38. The molecular formula is C28H27N7O4. The number of amides is 1. The van der Waals surface area contributed by atoms with Gasteiger partial charge in [0.15, 0.2) is 0 Å². The monoisotopic (exact) mass is 525 g/mol. The van der Waals surface area contributed by atoms with Crippen LogP contribution in [0.4, 0.5) is 28.7 Å². The molecule has 3 aromatic heterocycles. The molecule has 198 valence electrons. The number of benzene rings is 1. The van der Waals surface area contributed by atoms with Crippen LogP contribution in [0.3, 0.4) is 0 Å². The van der Waals surface area contributed by atoms with E-state index >= 15 is 0 Å². The standard InChI is InChI=1S/C28H27N7O4/c1-3-24(36)34-10-9-33(21-6-4-5-18(2)25(21)34)22-15-19-17-30-28-31-20-7-8-29-23(16-20)39-14-13-38-12-11-35(27(22)37)26(19)32-28/h3-8,15-17H,1,9-14H2,2H3,(H,30,31,32). The number of ether oxygens (including phenoxy) is 2. The molecule has 4 aromatic rings. The van der Waals surface area contributed by atoms with Crippen molar-refractivity contribution in [3.05, 3.63) is 77.4 Å². The van der Waals surface area contributed by atoms with Crippen LogP contribution in [0.15, 0.2) is 66.2 Å². The Morgan fingerprint density at radius 3 is 2.85 bits per heavy atom. The Balaban J connectivity index is 1.48. The van der Waals surface area contributed by atoms with Gasteiger partial charge in [-0.1, -0.05) is 18.7 Å². The number of pyridine rings is 2. The van der Waals surface area contributed by atoms with Crippen LogP contribution in [-0.2, 0) is 16.1 Å². The molecule has 1 amide bonds. The van der Waals surface area contributed by atoms with Crippen molar-refractivity contribution >= 4 is 45.6 Å². The first-order chi connectivity index (χ1) is 19.0. The van der Waals surface area contributed by atoms with E-state index in [0.29, 0.717) is 73.7 Å². The van der Waals surface area contributed by atoms with Crippen molar-refractivity contribution in [2.24, 2.45) is 0 Å². The fourth-order valence-corrected chi connectivity index (χ4v) is 4.99. The number of carbonyl (C=O) groups excluding carboxylic acids is 1. The summed E-state index contributed by atoms with van der Waals surface area (Å²) in [6.45, 7) is 7.71. The summed E-state index contributed by atoms with van der Waals surface area (Å²) in [6.07, 6.45) is 4.65. The van der Waals surface area contributed by atoms with Crippen LogP contribution < -0.4 is 25.4 Å². The summed E-state index contributed by atoms with van der Waals surface area (Å²) in [5.41, 5.74) is 3.96. The average molecular weight is 526 g/mol. The summed E-state index contributed by atoms with van der Waals surface area (Å²) in [6, 6.07) is 11.2. The Bertz CT molecular complexity index is 1650. The largest absolute Gasteiger partial charge is 0.475 e. The minimum Gasteiger partial charge on any atom is -0.475 e. The highest BCUT2D eigenvalue weighted by Crippen LogP contribution is 2.39. The minimum atomic E-state index is -0.207. The zero-order valence-electron chi connectivity index (χ0n) is 21.5. The van der Waals surface area contributed by atoms with Crippen LogP contribution in [0.1, 0.15) is 5.56 Å². The van der Waals surface area contributed by atoms with E-state index in [0.717, 1.165) is 16.9 Å². The second kappa shape index (κ2) is 10.2. The van der Waals surface area contributed by atoms with Crippen molar-refractivity contribution in [1.29, 1.82) is 0 Å². The van der Waals surface area contributed by atoms with Gasteiger partial charge >= 0.3 is 0 Å². The molecule has 2 aliphatic heterocycles. The van der Waals surface area contributed by atoms with Crippen LogP contribution in [0.5, 0.6) is 5.88 Å². The van der Waals surface area contributed by atoms with E-state index in [-0.39, 0.29) is 11.5 Å². The molecule has 4 bridgehead atoms. The number of rotatable bonds is 2. The number of nitrogens with zero attached hydrogens (tertiary/aromatic N) is 6. The highest BCUT2D eigenvalue weighted by Gasteiger charge is 2.30. The van der Waals surface area contributed by atoms with E-state index in [1.54, 1.807) is 34.0 Å². The smallest absolute Gasteiger partial charge is 0.276 e. The third kappa shape index (κ3) is 4.57. The second-order valence-corrected chi connectivity index (χ2v) is 9.22. The van der Waals surface area contributed by atoms with E-state index in [9.17, 15) is 9.59 Å². The van der Waals surface area contributed by atoms with Gasteiger partial charge in [-0.05, 0) is 36.8 Å². The highest BCUT2D eigenvalue weighted by atomic mass is 16.5. The molecule has 0 atom stereocenters. The molecule has 6 rings (SSSR count). The van der Waals surface area contributed by atoms with Crippen molar-refractivity contribution in [3.8, 4) is 5.88 Å². The van der Waals surface area contributed by atoms with E-state index in [4.69, 9.17) is 14.5 Å². The maximum Gasteiger partial charge on any atom is 0.276 e. The van der Waals surface area contributed by atoms with Gasteiger partial charge < -0.3 is 24.6 Å². The number of hydrogen-bond acceptors (Lipinski definition) is 9. The number of hydrogen-bond donors (Lipinski definition) is 1. The minimum absolute atomic E-state index is 0.176. The first-order valence-electron chi connectivity index (χ1n) is 12.7. The predicted molar refractivity (Wildman–Crippen MR) is 148 cm³/mol. The quantitative estimate of drug-likeness (QED) is 0.394. The van der Waals surface area contributed by atoms with Crippen LogP contribution in [0, 0.1) is 6.92 Å². The van der Waals surface area contributed by atoms with Crippen molar-refractivity contribution in [3.63, 3.8) is 0 Å². The molecule has 0 fully saturated rings. The topological polar surface area (TPSA) is 115 Å². The van der Waals surface area contributed by atoms with Crippen molar-refractivity contribution in [2.45, 2.75) is 13.5 Å². The average Bonchev–Trinajstić information content (AvgIpc) is 2.95. The number of para-hydroxylation sites is 1.